The Balaban J connectivity index is 2.05. The van der Waals surface area contributed by atoms with E-state index in [4.69, 9.17) is 16.3 Å². The molecule has 1 N–H and O–H groups in total. The summed E-state index contributed by atoms with van der Waals surface area (Å²) in [5.41, 5.74) is 0.497. The molecule has 0 radical (unpaired) electrons. The molecule has 1 amide bonds. The quantitative estimate of drug-likeness (QED) is 0.909. The molecule has 0 unspecified atom stereocenters. The molecule has 2 aromatic carbocycles. The van der Waals surface area contributed by atoms with E-state index >= 15 is 0 Å². The molecule has 0 fully saturated rings. The van der Waals surface area contributed by atoms with Crippen LogP contribution in [0.25, 0.3) is 0 Å². The van der Waals surface area contributed by atoms with Gasteiger partial charge in [-0.15, -0.1) is 0 Å². The van der Waals surface area contributed by atoms with Crippen LogP contribution in [-0.4, -0.2) is 27.2 Å². The Bertz CT molecular complexity index is 755. The van der Waals surface area contributed by atoms with E-state index < -0.39 is 21.5 Å². The number of ether oxygens (including phenoxy) is 1. The van der Waals surface area contributed by atoms with Gasteiger partial charge in [-0.2, -0.15) is 0 Å². The number of rotatable bonds is 5. The van der Waals surface area contributed by atoms with Gasteiger partial charge in [0.1, 0.15) is 11.5 Å². The van der Waals surface area contributed by atoms with Crippen molar-refractivity contribution in [3.05, 3.63) is 53.6 Å². The first-order valence-electron chi connectivity index (χ1n) is 6.33. The molecule has 2 aromatic rings. The molecular formula is C15H14ClNO4S. The molecule has 0 aromatic heterocycles. The van der Waals surface area contributed by atoms with Gasteiger partial charge in [0.05, 0.1) is 12.0 Å². The SMILES string of the molecule is COc1ccc(NC(=O)CS(=O)(=O)c2ccc(Cl)cc2)cc1. The smallest absolute Gasteiger partial charge is 0.239 e. The fourth-order valence-electron chi connectivity index (χ4n) is 1.77. The molecule has 0 aliphatic heterocycles. The van der Waals surface area contributed by atoms with Crippen LogP contribution in [0.2, 0.25) is 5.02 Å². The minimum Gasteiger partial charge on any atom is -0.497 e. The lowest BCUT2D eigenvalue weighted by atomic mass is 10.3. The molecule has 0 saturated heterocycles. The van der Waals surface area contributed by atoms with Gasteiger partial charge in [0.2, 0.25) is 5.91 Å². The number of nitrogens with one attached hydrogen (secondary N) is 1. The highest BCUT2D eigenvalue weighted by Crippen LogP contribution is 2.17. The van der Waals surface area contributed by atoms with Crippen LogP contribution in [0.5, 0.6) is 5.75 Å². The molecule has 0 heterocycles. The highest BCUT2D eigenvalue weighted by Gasteiger charge is 2.19. The first kappa shape index (κ1) is 16.3. The summed E-state index contributed by atoms with van der Waals surface area (Å²) in [6.45, 7) is 0. The second-order valence-electron chi connectivity index (χ2n) is 4.49. The third-order valence-corrected chi connectivity index (χ3v) is 4.75. The van der Waals surface area contributed by atoms with Gasteiger partial charge in [-0.25, -0.2) is 8.42 Å². The Morgan fingerprint density at radius 2 is 1.68 bits per heavy atom. The summed E-state index contributed by atoms with van der Waals surface area (Å²) in [4.78, 5) is 11.9. The minimum atomic E-state index is -3.70. The normalized spacial score (nSPS) is 11.0. The van der Waals surface area contributed by atoms with Crippen molar-refractivity contribution in [1.82, 2.24) is 0 Å². The maximum absolute atomic E-state index is 12.1. The fraction of sp³-hybridized carbons (Fsp3) is 0.133. The molecular weight excluding hydrogens is 326 g/mol. The van der Waals surface area contributed by atoms with Crippen molar-refractivity contribution < 1.29 is 17.9 Å². The Morgan fingerprint density at radius 1 is 1.09 bits per heavy atom. The number of sulfone groups is 1. The lowest BCUT2D eigenvalue weighted by Gasteiger charge is -2.07. The molecule has 5 nitrogen and oxygen atoms in total. The van der Waals surface area contributed by atoms with Gasteiger partial charge in [-0.05, 0) is 48.5 Å². The molecule has 0 bridgehead atoms. The monoisotopic (exact) mass is 339 g/mol. The molecule has 116 valence electrons. The van der Waals surface area contributed by atoms with Crippen molar-refractivity contribution in [2.45, 2.75) is 4.90 Å². The van der Waals surface area contributed by atoms with Crippen molar-refractivity contribution in [2.75, 3.05) is 18.2 Å². The standard InChI is InChI=1S/C15H14ClNO4S/c1-21-13-6-4-12(5-7-13)17-15(18)10-22(19,20)14-8-2-11(16)3-9-14/h2-9H,10H2,1H3,(H,17,18). The first-order chi connectivity index (χ1) is 10.4. The van der Waals surface area contributed by atoms with Crippen molar-refractivity contribution in [3.8, 4) is 5.75 Å². The Morgan fingerprint density at radius 3 is 2.23 bits per heavy atom. The Kier molecular flexibility index (Phi) is 5.05. The van der Waals surface area contributed by atoms with Gasteiger partial charge in [0.25, 0.3) is 0 Å². The van der Waals surface area contributed by atoms with Crippen LogP contribution in [0.1, 0.15) is 0 Å². The summed E-state index contributed by atoms with van der Waals surface area (Å²) in [5.74, 6) is -0.604. The molecule has 0 aliphatic rings. The van der Waals surface area contributed by atoms with E-state index in [0.717, 1.165) is 0 Å². The van der Waals surface area contributed by atoms with Crippen LogP contribution < -0.4 is 10.1 Å². The van der Waals surface area contributed by atoms with Crippen LogP contribution in [0.4, 0.5) is 5.69 Å². The number of hydrogen-bond acceptors (Lipinski definition) is 4. The van der Waals surface area contributed by atoms with E-state index in [1.165, 1.54) is 31.4 Å². The molecule has 0 spiro atoms. The van der Waals surface area contributed by atoms with Gasteiger partial charge in [0, 0.05) is 10.7 Å². The Labute approximate surface area is 133 Å². The molecule has 0 saturated carbocycles. The van der Waals surface area contributed by atoms with Gasteiger partial charge in [-0.1, -0.05) is 11.6 Å². The van der Waals surface area contributed by atoms with Gasteiger partial charge >= 0.3 is 0 Å². The van der Waals surface area contributed by atoms with Crippen LogP contribution in [0.15, 0.2) is 53.4 Å². The van der Waals surface area contributed by atoms with Crippen LogP contribution in [0.3, 0.4) is 0 Å². The Hall–Kier alpha value is -2.05. The van der Waals surface area contributed by atoms with Crippen LogP contribution in [-0.2, 0) is 14.6 Å². The zero-order valence-corrected chi connectivity index (χ0v) is 13.3. The van der Waals surface area contributed by atoms with Gasteiger partial charge < -0.3 is 10.1 Å². The van der Waals surface area contributed by atoms with E-state index in [1.54, 1.807) is 24.3 Å². The predicted octanol–water partition coefficient (Wildman–Crippen LogP) is 2.76. The molecule has 0 aliphatic carbocycles. The summed E-state index contributed by atoms with van der Waals surface area (Å²) in [7, 11) is -2.17. The second kappa shape index (κ2) is 6.81. The van der Waals surface area contributed by atoms with Gasteiger partial charge in [-0.3, -0.25) is 4.79 Å². The van der Waals surface area contributed by atoms with E-state index in [-0.39, 0.29) is 4.90 Å². The van der Waals surface area contributed by atoms with Crippen LogP contribution in [0, 0.1) is 0 Å². The topological polar surface area (TPSA) is 72.5 Å². The number of carbonyl (C=O) groups excluding carboxylic acids is 1. The van der Waals surface area contributed by atoms with Crippen molar-refractivity contribution in [3.63, 3.8) is 0 Å². The second-order valence-corrected chi connectivity index (χ2v) is 6.92. The number of benzene rings is 2. The van der Waals surface area contributed by atoms with E-state index in [2.05, 4.69) is 5.32 Å². The number of carbonyl (C=O) groups is 1. The number of hydrogen-bond donors (Lipinski definition) is 1. The fourth-order valence-corrected chi connectivity index (χ4v) is 3.03. The maximum atomic E-state index is 12.1. The third kappa shape index (κ3) is 4.22. The third-order valence-electron chi connectivity index (χ3n) is 2.87. The van der Waals surface area contributed by atoms with Gasteiger partial charge in [0.15, 0.2) is 9.84 Å². The summed E-state index contributed by atoms with van der Waals surface area (Å²) in [6, 6.07) is 12.3. The number of amides is 1. The molecule has 22 heavy (non-hydrogen) atoms. The average Bonchev–Trinajstić information content (AvgIpc) is 2.48. The predicted molar refractivity (Wildman–Crippen MR) is 85.1 cm³/mol. The van der Waals surface area contributed by atoms with E-state index in [9.17, 15) is 13.2 Å². The number of methoxy groups -OCH3 is 1. The van der Waals surface area contributed by atoms with Crippen LogP contribution >= 0.6 is 11.6 Å². The average molecular weight is 340 g/mol. The summed E-state index contributed by atoms with van der Waals surface area (Å²) >= 11 is 5.72. The highest BCUT2D eigenvalue weighted by atomic mass is 35.5. The number of halogens is 1. The van der Waals surface area contributed by atoms with E-state index in [1.807, 2.05) is 0 Å². The lowest BCUT2D eigenvalue weighted by molar-refractivity contribution is -0.113. The zero-order valence-electron chi connectivity index (χ0n) is 11.7. The van der Waals surface area contributed by atoms with E-state index in [0.29, 0.717) is 16.5 Å². The summed E-state index contributed by atoms with van der Waals surface area (Å²) < 4.78 is 29.2. The maximum Gasteiger partial charge on any atom is 0.239 e. The molecule has 7 heteroatoms. The lowest BCUT2D eigenvalue weighted by Crippen LogP contribution is -2.22. The minimum absolute atomic E-state index is 0.0572. The molecule has 2 rings (SSSR count). The summed E-state index contributed by atoms with van der Waals surface area (Å²) in [5, 5.41) is 2.96. The van der Waals surface area contributed by atoms with Crippen molar-refractivity contribution in [1.29, 1.82) is 0 Å². The number of anilines is 1. The highest BCUT2D eigenvalue weighted by molar-refractivity contribution is 7.92. The van der Waals surface area contributed by atoms with Crippen molar-refractivity contribution in [2.24, 2.45) is 0 Å². The van der Waals surface area contributed by atoms with Crippen molar-refractivity contribution >= 4 is 33.0 Å². The largest absolute Gasteiger partial charge is 0.497 e. The first-order valence-corrected chi connectivity index (χ1v) is 8.36. The summed E-state index contributed by atoms with van der Waals surface area (Å²) in [6.07, 6.45) is 0. The molecule has 0 atom stereocenters. The zero-order chi connectivity index (χ0) is 16.2.